The van der Waals surface area contributed by atoms with Crippen molar-refractivity contribution in [3.8, 4) is 6.07 Å². The third-order valence-corrected chi connectivity index (χ3v) is 5.40. The number of carbonyl (C=O) groups excluding carboxylic acids is 2. The molecular formula is C19H15Cl2N3O3S. The Morgan fingerprint density at radius 2 is 2.04 bits per heavy atom. The number of pyridine rings is 1. The van der Waals surface area contributed by atoms with Crippen molar-refractivity contribution in [1.82, 2.24) is 4.98 Å². The lowest BCUT2D eigenvalue weighted by Gasteiger charge is -2.11. The molecule has 0 aliphatic heterocycles. The number of aromatic nitrogens is 1. The van der Waals surface area contributed by atoms with Gasteiger partial charge < -0.3 is 10.1 Å². The normalized spacial score (nSPS) is 12.9. The van der Waals surface area contributed by atoms with E-state index in [0.29, 0.717) is 10.9 Å². The fraction of sp³-hybridized carbons (Fsp3) is 0.263. The fourth-order valence-electron chi connectivity index (χ4n) is 2.55. The Morgan fingerprint density at radius 3 is 2.61 bits per heavy atom. The molecule has 0 unspecified atom stereocenters. The maximum atomic E-state index is 12.5. The average Bonchev–Trinajstić information content (AvgIpc) is 3.53. The lowest BCUT2D eigenvalue weighted by atomic mass is 10.1. The van der Waals surface area contributed by atoms with Crippen molar-refractivity contribution in [1.29, 1.82) is 5.26 Å². The zero-order valence-electron chi connectivity index (χ0n) is 14.8. The van der Waals surface area contributed by atoms with Gasteiger partial charge in [0.25, 0.3) is 5.91 Å². The Morgan fingerprint density at radius 1 is 1.36 bits per heavy atom. The summed E-state index contributed by atoms with van der Waals surface area (Å²) in [7, 11) is 0. The molecule has 1 heterocycles. The molecule has 6 nitrogen and oxygen atoms in total. The van der Waals surface area contributed by atoms with Crippen LogP contribution in [0.5, 0.6) is 0 Å². The van der Waals surface area contributed by atoms with Crippen molar-refractivity contribution in [2.24, 2.45) is 0 Å². The van der Waals surface area contributed by atoms with E-state index in [9.17, 15) is 14.9 Å². The molecule has 0 bridgehead atoms. The lowest BCUT2D eigenvalue weighted by molar-refractivity contribution is -0.119. The maximum Gasteiger partial charge on any atom is 0.340 e. The number of benzene rings is 1. The van der Waals surface area contributed by atoms with Crippen LogP contribution in [-0.2, 0) is 9.53 Å². The Kier molecular flexibility index (Phi) is 6.45. The van der Waals surface area contributed by atoms with Crippen LogP contribution in [0.25, 0.3) is 0 Å². The monoisotopic (exact) mass is 435 g/mol. The molecule has 2 aromatic rings. The largest absolute Gasteiger partial charge is 0.452 e. The van der Waals surface area contributed by atoms with Crippen LogP contribution in [0.1, 0.15) is 40.4 Å². The highest BCUT2D eigenvalue weighted by Crippen LogP contribution is 2.40. The second kappa shape index (κ2) is 8.82. The molecule has 1 aromatic heterocycles. The summed E-state index contributed by atoms with van der Waals surface area (Å²) in [6.07, 6.45) is 3.79. The van der Waals surface area contributed by atoms with Crippen LogP contribution in [0.15, 0.2) is 29.3 Å². The molecule has 0 saturated heterocycles. The Labute approximate surface area is 176 Å². The number of halogens is 2. The van der Waals surface area contributed by atoms with Crippen LogP contribution in [0.3, 0.4) is 0 Å². The minimum atomic E-state index is -0.753. The van der Waals surface area contributed by atoms with Gasteiger partial charge in [0.05, 0.1) is 26.9 Å². The van der Waals surface area contributed by atoms with E-state index in [1.54, 1.807) is 30.5 Å². The number of nitrogens with one attached hydrogen (secondary N) is 1. The summed E-state index contributed by atoms with van der Waals surface area (Å²) in [6, 6.07) is 8.39. The number of ether oxygens (including phenoxy) is 1. The summed E-state index contributed by atoms with van der Waals surface area (Å²) in [5.41, 5.74) is 1.28. The highest BCUT2D eigenvalue weighted by atomic mass is 35.5. The molecule has 0 spiro atoms. The molecule has 1 fully saturated rings. The minimum absolute atomic E-state index is 0.118. The van der Waals surface area contributed by atoms with E-state index in [2.05, 4.69) is 10.3 Å². The van der Waals surface area contributed by atoms with Crippen LogP contribution < -0.4 is 5.32 Å². The number of thioether (sulfide) groups is 1. The van der Waals surface area contributed by atoms with Gasteiger partial charge in [-0.3, -0.25) is 4.79 Å². The molecule has 28 heavy (non-hydrogen) atoms. The highest BCUT2D eigenvalue weighted by molar-refractivity contribution is 7.98. The van der Waals surface area contributed by atoms with Gasteiger partial charge >= 0.3 is 5.97 Å². The SMILES string of the molecule is CSc1nc(C2CC2)cc(C(=O)OCC(=O)Nc2c(Cl)cccc2Cl)c1C#N. The summed E-state index contributed by atoms with van der Waals surface area (Å²) in [5, 5.41) is 13.0. The molecule has 1 aliphatic carbocycles. The number of rotatable bonds is 6. The first kappa shape index (κ1) is 20.5. The summed E-state index contributed by atoms with van der Waals surface area (Å²) in [6.45, 7) is -0.541. The highest BCUT2D eigenvalue weighted by Gasteiger charge is 2.29. The first-order valence-electron chi connectivity index (χ1n) is 8.34. The topological polar surface area (TPSA) is 92.1 Å². The molecule has 1 N–H and O–H groups in total. The van der Waals surface area contributed by atoms with E-state index in [1.807, 2.05) is 6.07 Å². The first-order valence-corrected chi connectivity index (χ1v) is 10.3. The summed E-state index contributed by atoms with van der Waals surface area (Å²) < 4.78 is 5.11. The van der Waals surface area contributed by atoms with Gasteiger partial charge in [0.1, 0.15) is 11.1 Å². The maximum absolute atomic E-state index is 12.5. The van der Waals surface area contributed by atoms with Gasteiger partial charge in [-0.05, 0) is 37.3 Å². The minimum Gasteiger partial charge on any atom is -0.452 e. The first-order chi connectivity index (χ1) is 13.4. The van der Waals surface area contributed by atoms with E-state index in [4.69, 9.17) is 27.9 Å². The standard InChI is InChI=1S/C19H15Cl2N3O3S/c1-28-18-12(8-22)11(7-15(23-18)10-5-6-10)19(26)27-9-16(25)24-17-13(20)3-2-4-14(17)21/h2-4,7,10H,5-6,9H2,1H3,(H,24,25). The number of carbonyl (C=O) groups is 2. The molecule has 0 radical (unpaired) electrons. The van der Waals surface area contributed by atoms with Crippen LogP contribution in [0.2, 0.25) is 10.0 Å². The number of nitriles is 1. The van der Waals surface area contributed by atoms with Crippen LogP contribution >= 0.6 is 35.0 Å². The number of amides is 1. The smallest absolute Gasteiger partial charge is 0.340 e. The van der Waals surface area contributed by atoms with Crippen LogP contribution in [-0.4, -0.2) is 29.7 Å². The van der Waals surface area contributed by atoms with E-state index in [-0.39, 0.29) is 26.9 Å². The number of hydrogen-bond acceptors (Lipinski definition) is 6. The summed E-state index contributed by atoms with van der Waals surface area (Å²) in [5.74, 6) is -1.05. The quantitative estimate of drug-likeness (QED) is 0.523. The van der Waals surface area contributed by atoms with Gasteiger partial charge in [0.15, 0.2) is 6.61 Å². The van der Waals surface area contributed by atoms with E-state index < -0.39 is 18.5 Å². The van der Waals surface area contributed by atoms with Gasteiger partial charge in [-0.1, -0.05) is 29.3 Å². The molecule has 1 aliphatic rings. The van der Waals surface area contributed by atoms with Gasteiger partial charge in [0.2, 0.25) is 0 Å². The van der Waals surface area contributed by atoms with Gasteiger partial charge in [-0.15, -0.1) is 11.8 Å². The van der Waals surface area contributed by atoms with Crippen molar-refractivity contribution >= 4 is 52.5 Å². The Balaban J connectivity index is 1.73. The lowest BCUT2D eigenvalue weighted by Crippen LogP contribution is -2.22. The molecule has 144 valence electrons. The second-order valence-corrected chi connectivity index (χ2v) is 7.70. The van der Waals surface area contributed by atoms with Crippen molar-refractivity contribution in [3.05, 3.63) is 51.1 Å². The third kappa shape index (κ3) is 4.58. The molecule has 1 aromatic carbocycles. The molecule has 9 heteroatoms. The van der Waals surface area contributed by atoms with E-state index in [1.165, 1.54) is 11.8 Å². The number of para-hydroxylation sites is 1. The molecule has 1 saturated carbocycles. The number of anilines is 1. The molecule has 0 atom stereocenters. The van der Waals surface area contributed by atoms with E-state index in [0.717, 1.165) is 18.5 Å². The Hall–Kier alpha value is -2.27. The predicted octanol–water partition coefficient (Wildman–Crippen LogP) is 4.65. The Bertz CT molecular complexity index is 967. The number of hydrogen-bond donors (Lipinski definition) is 1. The predicted molar refractivity (Wildman–Crippen MR) is 108 cm³/mol. The van der Waals surface area contributed by atoms with Crippen molar-refractivity contribution < 1.29 is 14.3 Å². The molecular weight excluding hydrogens is 421 g/mol. The van der Waals surface area contributed by atoms with Crippen molar-refractivity contribution in [2.45, 2.75) is 23.8 Å². The van der Waals surface area contributed by atoms with Crippen LogP contribution in [0.4, 0.5) is 5.69 Å². The van der Waals surface area contributed by atoms with Gasteiger partial charge in [-0.25, -0.2) is 9.78 Å². The number of esters is 1. The third-order valence-electron chi connectivity index (χ3n) is 4.09. The van der Waals surface area contributed by atoms with Crippen molar-refractivity contribution in [2.75, 3.05) is 18.2 Å². The second-order valence-electron chi connectivity index (χ2n) is 6.09. The zero-order chi connectivity index (χ0) is 20.3. The fourth-order valence-corrected chi connectivity index (χ4v) is 3.60. The van der Waals surface area contributed by atoms with Gasteiger partial charge in [-0.2, -0.15) is 5.26 Å². The molecule has 3 rings (SSSR count). The van der Waals surface area contributed by atoms with Gasteiger partial charge in [0, 0.05) is 11.6 Å². The van der Waals surface area contributed by atoms with Crippen molar-refractivity contribution in [3.63, 3.8) is 0 Å². The summed E-state index contributed by atoms with van der Waals surface area (Å²) >= 11 is 13.3. The zero-order valence-corrected chi connectivity index (χ0v) is 17.1. The number of nitrogens with zero attached hydrogens (tertiary/aromatic N) is 2. The van der Waals surface area contributed by atoms with Crippen LogP contribution in [0, 0.1) is 11.3 Å². The summed E-state index contributed by atoms with van der Waals surface area (Å²) in [4.78, 5) is 29.1. The molecule has 1 amide bonds. The van der Waals surface area contributed by atoms with E-state index >= 15 is 0 Å². The average molecular weight is 436 g/mol.